The molecule has 2 heterocycles. The Labute approximate surface area is 96.7 Å². The van der Waals surface area contributed by atoms with Crippen LogP contribution in [-0.4, -0.2) is 23.0 Å². The number of rotatable bonds is 3. The highest BCUT2D eigenvalue weighted by Gasteiger charge is 2.18. The fraction of sp³-hybridized carbons (Fsp3) is 0.538. The summed E-state index contributed by atoms with van der Waals surface area (Å²) in [6.07, 6.45) is 6.75. The van der Waals surface area contributed by atoms with Crippen LogP contribution in [0.3, 0.4) is 0 Å². The molecule has 1 aromatic rings. The Morgan fingerprint density at radius 1 is 1.31 bits per heavy atom. The number of nitriles is 1. The van der Waals surface area contributed by atoms with E-state index in [4.69, 9.17) is 5.26 Å². The van der Waals surface area contributed by atoms with E-state index in [1.165, 1.54) is 18.4 Å². The number of likely N-dealkylation sites (tertiary alicyclic amines) is 1. The van der Waals surface area contributed by atoms with E-state index >= 15 is 0 Å². The molecule has 0 spiro atoms. The fourth-order valence-corrected chi connectivity index (χ4v) is 2.22. The molecule has 3 heteroatoms. The summed E-state index contributed by atoms with van der Waals surface area (Å²) in [6, 6.07) is 6.42. The van der Waals surface area contributed by atoms with Gasteiger partial charge in [-0.05, 0) is 49.5 Å². The SMILES string of the molecule is N#CCC1CCN(Cc2ccncc2)CC1. The van der Waals surface area contributed by atoms with Gasteiger partial charge in [0, 0.05) is 25.4 Å². The van der Waals surface area contributed by atoms with Gasteiger partial charge in [-0.2, -0.15) is 5.26 Å². The first-order valence-corrected chi connectivity index (χ1v) is 5.86. The Kier molecular flexibility index (Phi) is 3.90. The van der Waals surface area contributed by atoms with Crippen LogP contribution < -0.4 is 0 Å². The molecule has 0 aromatic carbocycles. The molecule has 1 saturated heterocycles. The van der Waals surface area contributed by atoms with Gasteiger partial charge in [0.05, 0.1) is 6.07 Å². The number of piperidine rings is 1. The van der Waals surface area contributed by atoms with Crippen LogP contribution in [0.4, 0.5) is 0 Å². The first-order chi connectivity index (χ1) is 7.88. The number of hydrogen-bond donors (Lipinski definition) is 0. The Morgan fingerprint density at radius 2 is 2.00 bits per heavy atom. The van der Waals surface area contributed by atoms with Crippen LogP contribution in [0.2, 0.25) is 0 Å². The smallest absolute Gasteiger partial charge is 0.0624 e. The highest BCUT2D eigenvalue weighted by Crippen LogP contribution is 2.21. The van der Waals surface area contributed by atoms with Gasteiger partial charge in [0.15, 0.2) is 0 Å². The topological polar surface area (TPSA) is 39.9 Å². The third kappa shape index (κ3) is 3.04. The first kappa shape index (κ1) is 11.1. The average molecular weight is 215 g/mol. The summed E-state index contributed by atoms with van der Waals surface area (Å²) in [5.41, 5.74) is 1.33. The molecule has 0 unspecified atom stereocenters. The monoisotopic (exact) mass is 215 g/mol. The van der Waals surface area contributed by atoms with Crippen molar-refractivity contribution in [3.05, 3.63) is 30.1 Å². The molecular formula is C13H17N3. The second kappa shape index (κ2) is 5.62. The highest BCUT2D eigenvalue weighted by atomic mass is 15.1. The Hall–Kier alpha value is -1.40. The molecule has 1 fully saturated rings. The van der Waals surface area contributed by atoms with Crippen LogP contribution in [0.5, 0.6) is 0 Å². The van der Waals surface area contributed by atoms with Gasteiger partial charge in [-0.3, -0.25) is 9.88 Å². The third-order valence-electron chi connectivity index (χ3n) is 3.24. The lowest BCUT2D eigenvalue weighted by molar-refractivity contribution is 0.179. The van der Waals surface area contributed by atoms with Crippen molar-refractivity contribution in [1.82, 2.24) is 9.88 Å². The lowest BCUT2D eigenvalue weighted by Gasteiger charge is -2.30. The van der Waals surface area contributed by atoms with Gasteiger partial charge in [0.1, 0.15) is 0 Å². The lowest BCUT2D eigenvalue weighted by atomic mass is 9.94. The number of hydrogen-bond acceptors (Lipinski definition) is 3. The van der Waals surface area contributed by atoms with E-state index < -0.39 is 0 Å². The zero-order chi connectivity index (χ0) is 11.2. The average Bonchev–Trinajstić information content (AvgIpc) is 2.33. The molecule has 0 bridgehead atoms. The summed E-state index contributed by atoms with van der Waals surface area (Å²) in [5.74, 6) is 0.624. The molecule has 0 N–H and O–H groups in total. The number of aromatic nitrogens is 1. The molecule has 0 saturated carbocycles. The summed E-state index contributed by atoms with van der Waals surface area (Å²) >= 11 is 0. The van der Waals surface area contributed by atoms with E-state index in [9.17, 15) is 0 Å². The molecule has 16 heavy (non-hydrogen) atoms. The molecule has 0 radical (unpaired) electrons. The van der Waals surface area contributed by atoms with Crippen molar-refractivity contribution >= 4 is 0 Å². The van der Waals surface area contributed by atoms with Crippen LogP contribution in [0.15, 0.2) is 24.5 Å². The van der Waals surface area contributed by atoms with E-state index in [2.05, 4.69) is 28.1 Å². The van der Waals surface area contributed by atoms with E-state index in [1.54, 1.807) is 0 Å². The Balaban J connectivity index is 1.80. The molecule has 1 aliphatic heterocycles. The van der Waals surface area contributed by atoms with Gasteiger partial charge in [0.25, 0.3) is 0 Å². The predicted octanol–water partition coefficient (Wildman–Crippen LogP) is 2.21. The van der Waals surface area contributed by atoms with E-state index in [0.29, 0.717) is 5.92 Å². The van der Waals surface area contributed by atoms with Crippen molar-refractivity contribution in [1.29, 1.82) is 5.26 Å². The van der Waals surface area contributed by atoms with Gasteiger partial charge in [-0.15, -0.1) is 0 Å². The van der Waals surface area contributed by atoms with Gasteiger partial charge >= 0.3 is 0 Å². The molecule has 84 valence electrons. The third-order valence-corrected chi connectivity index (χ3v) is 3.24. The maximum atomic E-state index is 8.65. The van der Waals surface area contributed by atoms with Crippen LogP contribution in [-0.2, 0) is 6.54 Å². The maximum absolute atomic E-state index is 8.65. The molecule has 0 amide bonds. The van der Waals surface area contributed by atoms with Crippen LogP contribution in [0.1, 0.15) is 24.8 Å². The minimum atomic E-state index is 0.624. The second-order valence-electron chi connectivity index (χ2n) is 4.44. The molecule has 1 aromatic heterocycles. The summed E-state index contributed by atoms with van der Waals surface area (Å²) in [4.78, 5) is 6.48. The second-order valence-corrected chi connectivity index (χ2v) is 4.44. The van der Waals surface area contributed by atoms with Crippen molar-refractivity contribution in [2.45, 2.75) is 25.8 Å². The number of pyridine rings is 1. The van der Waals surface area contributed by atoms with Crippen molar-refractivity contribution in [2.75, 3.05) is 13.1 Å². The molecule has 0 aliphatic carbocycles. The summed E-state index contributed by atoms with van der Waals surface area (Å²) in [7, 11) is 0. The summed E-state index contributed by atoms with van der Waals surface area (Å²) < 4.78 is 0. The lowest BCUT2D eigenvalue weighted by Crippen LogP contribution is -2.33. The van der Waals surface area contributed by atoms with E-state index in [-0.39, 0.29) is 0 Å². The molecular weight excluding hydrogens is 198 g/mol. The molecule has 3 nitrogen and oxygen atoms in total. The van der Waals surface area contributed by atoms with Crippen LogP contribution in [0, 0.1) is 17.2 Å². The zero-order valence-electron chi connectivity index (χ0n) is 9.47. The normalized spacial score (nSPS) is 18.2. The van der Waals surface area contributed by atoms with E-state index in [0.717, 1.165) is 26.1 Å². The minimum absolute atomic E-state index is 0.624. The van der Waals surface area contributed by atoms with Crippen molar-refractivity contribution in [2.24, 2.45) is 5.92 Å². The van der Waals surface area contributed by atoms with Crippen molar-refractivity contribution in [3.63, 3.8) is 0 Å². The molecule has 0 atom stereocenters. The Morgan fingerprint density at radius 3 is 2.62 bits per heavy atom. The van der Waals surface area contributed by atoms with Crippen molar-refractivity contribution < 1.29 is 0 Å². The van der Waals surface area contributed by atoms with E-state index in [1.807, 2.05) is 12.4 Å². The zero-order valence-corrected chi connectivity index (χ0v) is 9.47. The number of nitrogens with zero attached hydrogens (tertiary/aromatic N) is 3. The van der Waals surface area contributed by atoms with Gasteiger partial charge < -0.3 is 0 Å². The first-order valence-electron chi connectivity index (χ1n) is 5.86. The molecule has 2 rings (SSSR count). The quantitative estimate of drug-likeness (QED) is 0.776. The molecule has 1 aliphatic rings. The van der Waals surface area contributed by atoms with Gasteiger partial charge in [-0.25, -0.2) is 0 Å². The minimum Gasteiger partial charge on any atom is -0.299 e. The van der Waals surface area contributed by atoms with Gasteiger partial charge in [0.2, 0.25) is 0 Å². The summed E-state index contributed by atoms with van der Waals surface area (Å²) in [5, 5.41) is 8.65. The fourth-order valence-electron chi connectivity index (χ4n) is 2.22. The standard InChI is InChI=1S/C13H17N3/c14-6-1-12-4-9-16(10-5-12)11-13-2-7-15-8-3-13/h2-3,7-8,12H,1,4-5,9-11H2. The summed E-state index contributed by atoms with van der Waals surface area (Å²) in [6.45, 7) is 3.26. The van der Waals surface area contributed by atoms with Crippen LogP contribution in [0.25, 0.3) is 0 Å². The van der Waals surface area contributed by atoms with Gasteiger partial charge in [-0.1, -0.05) is 0 Å². The predicted molar refractivity (Wildman–Crippen MR) is 62.5 cm³/mol. The highest BCUT2D eigenvalue weighted by molar-refractivity contribution is 5.09. The van der Waals surface area contributed by atoms with Crippen LogP contribution >= 0.6 is 0 Å². The Bertz CT molecular complexity index is 347. The largest absolute Gasteiger partial charge is 0.299 e. The van der Waals surface area contributed by atoms with Crippen molar-refractivity contribution in [3.8, 4) is 6.07 Å². The maximum Gasteiger partial charge on any atom is 0.0624 e.